The predicted octanol–water partition coefficient (Wildman–Crippen LogP) is 4.64. The lowest BCUT2D eigenvalue weighted by Crippen LogP contribution is -2.15. The van der Waals surface area contributed by atoms with Crippen LogP contribution in [0.2, 0.25) is 0 Å². The van der Waals surface area contributed by atoms with E-state index in [1.807, 2.05) is 0 Å². The first-order valence-corrected chi connectivity index (χ1v) is 7.63. The molecule has 1 aromatic heterocycles. The van der Waals surface area contributed by atoms with Crippen LogP contribution >= 0.6 is 11.3 Å². The number of hydrogen-bond acceptors (Lipinski definition) is 2. The van der Waals surface area contributed by atoms with Crippen molar-refractivity contribution in [2.24, 2.45) is 5.92 Å². The second-order valence-corrected chi connectivity index (χ2v) is 5.86. The summed E-state index contributed by atoms with van der Waals surface area (Å²) in [5, 5.41) is 0. The Labute approximate surface area is 109 Å². The maximum atomic E-state index is 12.2. The minimum absolute atomic E-state index is 0.280. The fourth-order valence-electron chi connectivity index (χ4n) is 2.07. The summed E-state index contributed by atoms with van der Waals surface area (Å²) in [6.45, 7) is 6.47. The highest BCUT2D eigenvalue weighted by molar-refractivity contribution is 7.12. The van der Waals surface area contributed by atoms with E-state index in [4.69, 9.17) is 0 Å². The molecule has 0 spiro atoms. The van der Waals surface area contributed by atoms with Crippen LogP contribution < -0.4 is 0 Å². The van der Waals surface area contributed by atoms with Crippen LogP contribution in [0, 0.1) is 5.92 Å². The van der Waals surface area contributed by atoms with E-state index in [0.29, 0.717) is 12.2 Å². The molecule has 0 N–H and O–H groups in total. The van der Waals surface area contributed by atoms with Gasteiger partial charge in [-0.3, -0.25) is 4.79 Å². The largest absolute Gasteiger partial charge is 0.299 e. The Hall–Kier alpha value is -0.630. The highest BCUT2D eigenvalue weighted by Crippen LogP contribution is 2.21. The molecule has 2 heteroatoms. The Morgan fingerprint density at radius 2 is 1.94 bits per heavy atom. The quantitative estimate of drug-likeness (QED) is 0.659. The zero-order valence-electron chi connectivity index (χ0n) is 11.3. The first kappa shape index (κ1) is 14.4. The second-order valence-electron chi connectivity index (χ2n) is 4.61. The normalized spacial score (nSPS) is 12.6. The molecule has 0 bridgehead atoms. The summed E-state index contributed by atoms with van der Waals surface area (Å²) in [5.41, 5.74) is 0. The molecule has 17 heavy (non-hydrogen) atoms. The summed E-state index contributed by atoms with van der Waals surface area (Å²) in [4.78, 5) is 14.8. The summed E-state index contributed by atoms with van der Waals surface area (Å²) in [6, 6.07) is 4.27. The van der Waals surface area contributed by atoms with Crippen LogP contribution in [-0.2, 0) is 17.6 Å². The zero-order chi connectivity index (χ0) is 12.7. The molecule has 1 unspecified atom stereocenters. The van der Waals surface area contributed by atoms with E-state index in [2.05, 4.69) is 32.9 Å². The Morgan fingerprint density at radius 1 is 1.24 bits per heavy atom. The van der Waals surface area contributed by atoms with Gasteiger partial charge in [0, 0.05) is 22.1 Å². The average Bonchev–Trinajstić information content (AvgIpc) is 2.77. The molecule has 0 aliphatic carbocycles. The standard InChI is InChI=1S/C15H24OS/c1-4-7-8-12(5-2)15(16)11-14-10-9-13(6-3)17-14/h9-10,12H,4-8,11H2,1-3H3. The van der Waals surface area contributed by atoms with Gasteiger partial charge in [-0.2, -0.15) is 0 Å². The number of thiophene rings is 1. The lowest BCUT2D eigenvalue weighted by molar-refractivity contribution is -0.122. The Bertz CT molecular complexity index is 340. The second kappa shape index (κ2) is 7.65. The number of carbonyl (C=O) groups excluding carboxylic acids is 1. The molecule has 0 saturated heterocycles. The first-order valence-electron chi connectivity index (χ1n) is 6.81. The number of hydrogen-bond donors (Lipinski definition) is 0. The van der Waals surface area contributed by atoms with Crippen LogP contribution in [0.5, 0.6) is 0 Å². The molecule has 1 nitrogen and oxygen atoms in total. The molecular formula is C15H24OS. The van der Waals surface area contributed by atoms with Crippen molar-refractivity contribution in [3.8, 4) is 0 Å². The topological polar surface area (TPSA) is 17.1 Å². The highest BCUT2D eigenvalue weighted by atomic mass is 32.1. The molecule has 0 aliphatic rings. The summed E-state index contributed by atoms with van der Waals surface area (Å²) >= 11 is 1.79. The summed E-state index contributed by atoms with van der Waals surface area (Å²) in [6.07, 6.45) is 6.14. The number of rotatable bonds is 8. The van der Waals surface area contributed by atoms with E-state index in [1.165, 1.54) is 22.6 Å². The molecule has 0 fully saturated rings. The summed E-state index contributed by atoms with van der Waals surface area (Å²) < 4.78 is 0. The van der Waals surface area contributed by atoms with Crippen molar-refractivity contribution in [2.75, 3.05) is 0 Å². The summed E-state index contributed by atoms with van der Waals surface area (Å²) in [5.74, 6) is 0.715. The van der Waals surface area contributed by atoms with Gasteiger partial charge in [0.1, 0.15) is 5.78 Å². The van der Waals surface area contributed by atoms with E-state index < -0.39 is 0 Å². The van der Waals surface area contributed by atoms with Gasteiger partial charge in [0.05, 0.1) is 0 Å². The zero-order valence-corrected chi connectivity index (χ0v) is 12.1. The SMILES string of the molecule is CCCCC(CC)C(=O)Cc1ccc(CC)s1. The maximum absolute atomic E-state index is 12.2. The van der Waals surface area contributed by atoms with Crippen LogP contribution in [0.25, 0.3) is 0 Å². The maximum Gasteiger partial charge on any atom is 0.141 e. The van der Waals surface area contributed by atoms with Crippen molar-refractivity contribution in [3.05, 3.63) is 21.9 Å². The third-order valence-corrected chi connectivity index (χ3v) is 4.50. The predicted molar refractivity (Wildman–Crippen MR) is 75.7 cm³/mol. The van der Waals surface area contributed by atoms with Crippen LogP contribution in [0.15, 0.2) is 12.1 Å². The van der Waals surface area contributed by atoms with Crippen molar-refractivity contribution < 1.29 is 4.79 Å². The van der Waals surface area contributed by atoms with E-state index in [-0.39, 0.29) is 5.92 Å². The molecule has 0 aliphatic heterocycles. The van der Waals surface area contributed by atoms with Gasteiger partial charge in [-0.05, 0) is 31.4 Å². The van der Waals surface area contributed by atoms with Crippen molar-refractivity contribution >= 4 is 17.1 Å². The van der Waals surface area contributed by atoms with Crippen molar-refractivity contribution in [3.63, 3.8) is 0 Å². The Kier molecular flexibility index (Phi) is 6.49. The molecule has 0 saturated carbocycles. The van der Waals surface area contributed by atoms with E-state index >= 15 is 0 Å². The monoisotopic (exact) mass is 252 g/mol. The van der Waals surface area contributed by atoms with Crippen LogP contribution in [-0.4, -0.2) is 5.78 Å². The molecule has 1 heterocycles. The number of unbranched alkanes of at least 4 members (excludes halogenated alkanes) is 1. The van der Waals surface area contributed by atoms with Crippen molar-refractivity contribution in [2.45, 2.75) is 59.3 Å². The molecule has 1 atom stereocenters. The van der Waals surface area contributed by atoms with E-state index in [0.717, 1.165) is 19.3 Å². The minimum atomic E-state index is 0.280. The molecule has 1 aromatic rings. The van der Waals surface area contributed by atoms with E-state index in [9.17, 15) is 4.79 Å². The number of Topliss-reactive ketones (excluding diaryl/α,β-unsaturated/α-hetero) is 1. The van der Waals surface area contributed by atoms with Crippen molar-refractivity contribution in [1.82, 2.24) is 0 Å². The number of aryl methyl sites for hydroxylation is 1. The number of ketones is 1. The van der Waals surface area contributed by atoms with Gasteiger partial charge < -0.3 is 0 Å². The van der Waals surface area contributed by atoms with Gasteiger partial charge in [-0.1, -0.05) is 33.6 Å². The molecule has 0 amide bonds. The third kappa shape index (κ3) is 4.63. The van der Waals surface area contributed by atoms with Gasteiger partial charge in [-0.25, -0.2) is 0 Å². The van der Waals surface area contributed by atoms with Gasteiger partial charge in [0.2, 0.25) is 0 Å². The molecule has 0 aromatic carbocycles. The smallest absolute Gasteiger partial charge is 0.141 e. The fraction of sp³-hybridized carbons (Fsp3) is 0.667. The minimum Gasteiger partial charge on any atom is -0.299 e. The van der Waals surface area contributed by atoms with Gasteiger partial charge in [0.15, 0.2) is 0 Å². The van der Waals surface area contributed by atoms with Gasteiger partial charge in [-0.15, -0.1) is 11.3 Å². The van der Waals surface area contributed by atoms with Gasteiger partial charge >= 0.3 is 0 Å². The lowest BCUT2D eigenvalue weighted by atomic mass is 9.93. The van der Waals surface area contributed by atoms with Gasteiger partial charge in [0.25, 0.3) is 0 Å². The summed E-state index contributed by atoms with van der Waals surface area (Å²) in [7, 11) is 0. The molecule has 1 rings (SSSR count). The Morgan fingerprint density at radius 3 is 2.47 bits per heavy atom. The number of carbonyl (C=O) groups is 1. The van der Waals surface area contributed by atoms with Crippen molar-refractivity contribution in [1.29, 1.82) is 0 Å². The highest BCUT2D eigenvalue weighted by Gasteiger charge is 2.16. The molecule has 96 valence electrons. The third-order valence-electron chi connectivity index (χ3n) is 3.27. The average molecular weight is 252 g/mol. The lowest BCUT2D eigenvalue weighted by Gasteiger charge is -2.12. The Balaban J connectivity index is 2.51. The fourth-order valence-corrected chi connectivity index (χ4v) is 3.03. The molecular weight excluding hydrogens is 228 g/mol. The molecule has 0 radical (unpaired) electrons. The first-order chi connectivity index (χ1) is 8.21. The van der Waals surface area contributed by atoms with Crippen LogP contribution in [0.4, 0.5) is 0 Å². The van der Waals surface area contributed by atoms with Crippen LogP contribution in [0.3, 0.4) is 0 Å². The van der Waals surface area contributed by atoms with Crippen LogP contribution in [0.1, 0.15) is 56.2 Å². The van der Waals surface area contributed by atoms with E-state index in [1.54, 1.807) is 11.3 Å².